The van der Waals surface area contributed by atoms with Gasteiger partial charge in [-0.2, -0.15) is 4.31 Å². The molecule has 1 aromatic carbocycles. The van der Waals surface area contributed by atoms with Crippen molar-refractivity contribution >= 4 is 21.6 Å². The van der Waals surface area contributed by atoms with E-state index in [9.17, 15) is 8.42 Å². The van der Waals surface area contributed by atoms with E-state index in [0.29, 0.717) is 29.8 Å². The Morgan fingerprint density at radius 1 is 1.30 bits per heavy atom. The predicted molar refractivity (Wildman–Crippen MR) is 82.6 cm³/mol. The summed E-state index contributed by atoms with van der Waals surface area (Å²) in [5, 5.41) is 0. The Hall–Kier alpha value is -0.580. The second kappa shape index (κ2) is 6.04. The number of nitrogens with zero attached hydrogens (tertiary/aromatic N) is 1. The molecule has 2 rings (SSSR count). The van der Waals surface area contributed by atoms with Crippen molar-refractivity contribution in [3.05, 3.63) is 28.8 Å². The van der Waals surface area contributed by atoms with Crippen molar-refractivity contribution in [1.82, 2.24) is 4.31 Å². The van der Waals surface area contributed by atoms with Crippen LogP contribution in [0.25, 0.3) is 0 Å². The smallest absolute Gasteiger partial charge is 0.207 e. The van der Waals surface area contributed by atoms with Crippen molar-refractivity contribution in [3.8, 4) is 0 Å². The molecule has 0 N–H and O–H groups in total. The fourth-order valence-corrected chi connectivity index (χ4v) is 4.40. The van der Waals surface area contributed by atoms with Crippen molar-refractivity contribution in [3.63, 3.8) is 0 Å². The van der Waals surface area contributed by atoms with Gasteiger partial charge < -0.3 is 0 Å². The molecule has 5 heteroatoms. The third kappa shape index (κ3) is 3.18. The molecule has 0 atom stereocenters. The number of benzene rings is 1. The third-order valence-corrected chi connectivity index (χ3v) is 6.34. The van der Waals surface area contributed by atoms with Gasteiger partial charge in [-0.05, 0) is 55.4 Å². The van der Waals surface area contributed by atoms with Crippen LogP contribution in [-0.2, 0) is 15.9 Å². The van der Waals surface area contributed by atoms with Gasteiger partial charge in [-0.3, -0.25) is 0 Å². The van der Waals surface area contributed by atoms with E-state index in [1.807, 2.05) is 26.8 Å². The minimum absolute atomic E-state index is 0.332. The van der Waals surface area contributed by atoms with Crippen LogP contribution in [-0.4, -0.2) is 25.8 Å². The molecule has 20 heavy (non-hydrogen) atoms. The highest BCUT2D eigenvalue weighted by atomic mass is 35.5. The molecule has 1 aromatic rings. The molecule has 0 aromatic heterocycles. The van der Waals surface area contributed by atoms with E-state index in [1.165, 1.54) is 0 Å². The highest BCUT2D eigenvalue weighted by Crippen LogP contribution is 2.32. The standard InChI is InChI=1S/C15H22ClNO2S/c1-4-17(10-13-5-6-13)20(18,19)15-8-14(9-16)7-11(2)12(15)3/h7-8,13H,4-6,9-10H2,1-3H3. The van der Waals surface area contributed by atoms with E-state index < -0.39 is 10.0 Å². The van der Waals surface area contributed by atoms with Crippen LogP contribution >= 0.6 is 11.6 Å². The quantitative estimate of drug-likeness (QED) is 0.754. The maximum absolute atomic E-state index is 12.9. The van der Waals surface area contributed by atoms with E-state index in [2.05, 4.69) is 0 Å². The summed E-state index contributed by atoms with van der Waals surface area (Å²) in [4.78, 5) is 0.413. The maximum atomic E-state index is 12.9. The Balaban J connectivity index is 2.43. The molecular weight excluding hydrogens is 294 g/mol. The number of hydrogen-bond acceptors (Lipinski definition) is 2. The SMILES string of the molecule is CCN(CC1CC1)S(=O)(=O)c1cc(CCl)cc(C)c1C. The maximum Gasteiger partial charge on any atom is 0.243 e. The number of sulfonamides is 1. The van der Waals surface area contributed by atoms with Crippen molar-refractivity contribution in [2.45, 2.75) is 44.4 Å². The lowest BCUT2D eigenvalue weighted by atomic mass is 10.1. The van der Waals surface area contributed by atoms with Gasteiger partial charge in [-0.1, -0.05) is 13.0 Å². The van der Waals surface area contributed by atoms with E-state index in [4.69, 9.17) is 11.6 Å². The van der Waals surface area contributed by atoms with Gasteiger partial charge in [0.15, 0.2) is 0 Å². The summed E-state index contributed by atoms with van der Waals surface area (Å²) in [6.07, 6.45) is 2.29. The average molecular weight is 316 g/mol. The Morgan fingerprint density at radius 2 is 1.95 bits per heavy atom. The lowest BCUT2D eigenvalue weighted by Gasteiger charge is -2.22. The highest BCUT2D eigenvalue weighted by molar-refractivity contribution is 7.89. The molecule has 0 radical (unpaired) electrons. The first-order valence-corrected chi connectivity index (χ1v) is 9.03. The Bertz CT molecular complexity index is 594. The van der Waals surface area contributed by atoms with Gasteiger partial charge in [0.25, 0.3) is 0 Å². The summed E-state index contributed by atoms with van der Waals surface area (Å²) in [5.41, 5.74) is 2.66. The zero-order valence-corrected chi connectivity index (χ0v) is 13.9. The van der Waals surface area contributed by atoms with Crippen LogP contribution in [0.2, 0.25) is 0 Å². The minimum atomic E-state index is -3.42. The van der Waals surface area contributed by atoms with E-state index in [1.54, 1.807) is 10.4 Å². The fraction of sp³-hybridized carbons (Fsp3) is 0.600. The largest absolute Gasteiger partial charge is 0.243 e. The molecule has 0 amide bonds. The Morgan fingerprint density at radius 3 is 2.45 bits per heavy atom. The summed E-state index contributed by atoms with van der Waals surface area (Å²) >= 11 is 5.87. The molecule has 0 bridgehead atoms. The monoisotopic (exact) mass is 315 g/mol. The van der Waals surface area contributed by atoms with Gasteiger partial charge in [-0.25, -0.2) is 8.42 Å². The van der Waals surface area contributed by atoms with Gasteiger partial charge in [0.05, 0.1) is 4.90 Å². The predicted octanol–water partition coefficient (Wildman–Crippen LogP) is 3.46. The van der Waals surface area contributed by atoms with Crippen LogP contribution in [0.4, 0.5) is 0 Å². The minimum Gasteiger partial charge on any atom is -0.207 e. The molecule has 0 heterocycles. The first-order chi connectivity index (χ1) is 9.40. The summed E-state index contributed by atoms with van der Waals surface area (Å²) in [7, 11) is -3.42. The average Bonchev–Trinajstić information content (AvgIpc) is 3.22. The normalized spacial score (nSPS) is 15.8. The fourth-order valence-electron chi connectivity index (χ4n) is 2.37. The summed E-state index contributed by atoms with van der Waals surface area (Å²) in [6.45, 7) is 6.85. The summed E-state index contributed by atoms with van der Waals surface area (Å²) in [5.74, 6) is 0.876. The van der Waals surface area contributed by atoms with Crippen molar-refractivity contribution in [1.29, 1.82) is 0 Å². The van der Waals surface area contributed by atoms with Crippen LogP contribution in [0.15, 0.2) is 17.0 Å². The number of hydrogen-bond donors (Lipinski definition) is 0. The summed E-state index contributed by atoms with van der Waals surface area (Å²) < 4.78 is 27.3. The zero-order valence-electron chi connectivity index (χ0n) is 12.3. The lowest BCUT2D eigenvalue weighted by Crippen LogP contribution is -2.33. The second-order valence-electron chi connectivity index (χ2n) is 5.57. The molecule has 1 saturated carbocycles. The van der Waals surface area contributed by atoms with Gasteiger partial charge >= 0.3 is 0 Å². The first-order valence-electron chi connectivity index (χ1n) is 7.06. The van der Waals surface area contributed by atoms with E-state index >= 15 is 0 Å². The number of halogens is 1. The van der Waals surface area contributed by atoms with E-state index in [0.717, 1.165) is 29.5 Å². The molecule has 0 spiro atoms. The van der Waals surface area contributed by atoms with Crippen molar-refractivity contribution in [2.24, 2.45) is 5.92 Å². The van der Waals surface area contributed by atoms with Crippen LogP contribution < -0.4 is 0 Å². The third-order valence-electron chi connectivity index (χ3n) is 3.96. The molecule has 0 aliphatic heterocycles. The Labute approximate surface area is 127 Å². The molecule has 0 saturated heterocycles. The molecule has 112 valence electrons. The van der Waals surface area contributed by atoms with E-state index in [-0.39, 0.29) is 0 Å². The molecule has 0 unspecified atom stereocenters. The van der Waals surface area contributed by atoms with Crippen molar-refractivity contribution in [2.75, 3.05) is 13.1 Å². The number of alkyl halides is 1. The van der Waals surface area contributed by atoms with Crippen LogP contribution in [0.3, 0.4) is 0 Å². The first kappa shape index (κ1) is 15.8. The van der Waals surface area contributed by atoms with Gasteiger partial charge in [0.1, 0.15) is 0 Å². The Kier molecular flexibility index (Phi) is 4.77. The summed E-state index contributed by atoms with van der Waals surface area (Å²) in [6, 6.07) is 3.68. The molecule has 1 fully saturated rings. The highest BCUT2D eigenvalue weighted by Gasteiger charge is 2.31. The molecule has 3 nitrogen and oxygen atoms in total. The zero-order chi connectivity index (χ0) is 14.9. The van der Waals surface area contributed by atoms with Gasteiger partial charge in [0.2, 0.25) is 10.0 Å². The van der Waals surface area contributed by atoms with Crippen molar-refractivity contribution < 1.29 is 8.42 Å². The molecule has 1 aliphatic rings. The molecular formula is C15H22ClNO2S. The number of aryl methyl sites for hydroxylation is 1. The second-order valence-corrected chi connectivity index (χ2v) is 7.74. The van der Waals surface area contributed by atoms with Gasteiger partial charge in [-0.15, -0.1) is 11.6 Å². The topological polar surface area (TPSA) is 37.4 Å². The molecule has 1 aliphatic carbocycles. The van der Waals surface area contributed by atoms with Crippen LogP contribution in [0.5, 0.6) is 0 Å². The van der Waals surface area contributed by atoms with Crippen LogP contribution in [0, 0.1) is 19.8 Å². The van der Waals surface area contributed by atoms with Crippen LogP contribution in [0.1, 0.15) is 36.5 Å². The van der Waals surface area contributed by atoms with Gasteiger partial charge in [0, 0.05) is 19.0 Å². The lowest BCUT2D eigenvalue weighted by molar-refractivity contribution is 0.411. The number of rotatable bonds is 6.